The third kappa shape index (κ3) is 2.95. The first-order chi connectivity index (χ1) is 6.84. The Morgan fingerprint density at radius 3 is 2.60 bits per heavy atom. The summed E-state index contributed by atoms with van der Waals surface area (Å²) in [7, 11) is 0. The van der Waals surface area contributed by atoms with Crippen molar-refractivity contribution in [3.05, 3.63) is 17.5 Å². The molecule has 1 aromatic heterocycles. The largest absolute Gasteiger partial charge is 0.414 e. The van der Waals surface area contributed by atoms with Crippen LogP contribution in [0, 0.1) is 6.92 Å². The van der Waals surface area contributed by atoms with E-state index in [4.69, 9.17) is 5.11 Å². The number of aromatic nitrogens is 2. The van der Waals surface area contributed by atoms with Crippen LogP contribution < -0.4 is 0 Å². The third-order valence-electron chi connectivity index (χ3n) is 2.07. The average Bonchev–Trinajstić information content (AvgIpc) is 2.44. The molecule has 0 aliphatic rings. The standard InChI is InChI=1S/C9H13F3N2O/c1-3-14-7(4-6(2)13-14)5-8(15)9(10,11)12/h4,8,15H,3,5H2,1-2H3. The van der Waals surface area contributed by atoms with Gasteiger partial charge in [0.15, 0.2) is 6.10 Å². The van der Waals surface area contributed by atoms with E-state index in [-0.39, 0.29) is 0 Å². The molecule has 1 atom stereocenters. The lowest BCUT2D eigenvalue weighted by Gasteiger charge is -2.14. The van der Waals surface area contributed by atoms with Crippen LogP contribution in [0.15, 0.2) is 6.07 Å². The van der Waals surface area contributed by atoms with Gasteiger partial charge < -0.3 is 5.11 Å². The highest BCUT2D eigenvalue weighted by atomic mass is 19.4. The Labute approximate surface area is 85.5 Å². The molecule has 6 heteroatoms. The molecule has 0 fully saturated rings. The quantitative estimate of drug-likeness (QED) is 0.844. The molecule has 0 spiro atoms. The van der Waals surface area contributed by atoms with Gasteiger partial charge in [-0.05, 0) is 19.9 Å². The maximum absolute atomic E-state index is 12.1. The van der Waals surface area contributed by atoms with E-state index in [2.05, 4.69) is 5.10 Å². The number of rotatable bonds is 3. The van der Waals surface area contributed by atoms with E-state index in [0.29, 0.717) is 17.9 Å². The molecule has 3 nitrogen and oxygen atoms in total. The maximum atomic E-state index is 12.1. The number of hydrogen-bond acceptors (Lipinski definition) is 2. The molecular weight excluding hydrogens is 209 g/mol. The zero-order valence-electron chi connectivity index (χ0n) is 8.54. The topological polar surface area (TPSA) is 38.0 Å². The van der Waals surface area contributed by atoms with E-state index in [1.807, 2.05) is 0 Å². The zero-order chi connectivity index (χ0) is 11.6. The van der Waals surface area contributed by atoms with E-state index in [0.717, 1.165) is 0 Å². The fourth-order valence-corrected chi connectivity index (χ4v) is 1.35. The van der Waals surface area contributed by atoms with Crippen molar-refractivity contribution in [3.63, 3.8) is 0 Å². The van der Waals surface area contributed by atoms with Crippen molar-refractivity contribution >= 4 is 0 Å². The van der Waals surface area contributed by atoms with Crippen LogP contribution in [0.4, 0.5) is 13.2 Å². The van der Waals surface area contributed by atoms with E-state index in [9.17, 15) is 13.2 Å². The number of halogens is 3. The van der Waals surface area contributed by atoms with Crippen LogP contribution in [-0.2, 0) is 13.0 Å². The summed E-state index contributed by atoms with van der Waals surface area (Å²) in [5, 5.41) is 12.9. The normalized spacial score (nSPS) is 14.3. The second-order valence-electron chi connectivity index (χ2n) is 3.35. The maximum Gasteiger partial charge on any atom is 0.414 e. The van der Waals surface area contributed by atoms with Crippen LogP contribution >= 0.6 is 0 Å². The third-order valence-corrected chi connectivity index (χ3v) is 2.07. The zero-order valence-corrected chi connectivity index (χ0v) is 8.54. The SMILES string of the molecule is CCn1nc(C)cc1CC(O)C(F)(F)F. The van der Waals surface area contributed by atoms with Crippen LogP contribution in [0.3, 0.4) is 0 Å². The molecule has 1 N–H and O–H groups in total. The second kappa shape index (κ2) is 4.22. The van der Waals surface area contributed by atoms with Gasteiger partial charge in [-0.3, -0.25) is 4.68 Å². The van der Waals surface area contributed by atoms with E-state index < -0.39 is 18.7 Å². The molecule has 0 amide bonds. The first-order valence-corrected chi connectivity index (χ1v) is 4.62. The van der Waals surface area contributed by atoms with Crippen molar-refractivity contribution in [2.45, 2.75) is 39.1 Å². The average molecular weight is 222 g/mol. The smallest absolute Gasteiger partial charge is 0.383 e. The summed E-state index contributed by atoms with van der Waals surface area (Å²) < 4.78 is 37.8. The molecule has 0 aromatic carbocycles. The summed E-state index contributed by atoms with van der Waals surface area (Å²) >= 11 is 0. The minimum Gasteiger partial charge on any atom is -0.383 e. The molecular formula is C9H13F3N2O. The van der Waals surface area contributed by atoms with Gasteiger partial charge >= 0.3 is 6.18 Å². The first kappa shape index (κ1) is 12.0. The van der Waals surface area contributed by atoms with Crippen LogP contribution in [0.25, 0.3) is 0 Å². The van der Waals surface area contributed by atoms with Gasteiger partial charge in [-0.1, -0.05) is 0 Å². The van der Waals surface area contributed by atoms with Gasteiger partial charge in [0, 0.05) is 18.7 Å². The van der Waals surface area contributed by atoms with Gasteiger partial charge in [-0.25, -0.2) is 0 Å². The Morgan fingerprint density at radius 2 is 2.13 bits per heavy atom. The van der Waals surface area contributed by atoms with Crippen molar-refractivity contribution in [1.29, 1.82) is 0 Å². The van der Waals surface area contributed by atoms with Gasteiger partial charge in [-0.2, -0.15) is 18.3 Å². The second-order valence-corrected chi connectivity index (χ2v) is 3.35. The number of aliphatic hydroxyl groups is 1. The molecule has 1 heterocycles. The summed E-state index contributed by atoms with van der Waals surface area (Å²) in [6, 6.07) is 1.55. The number of aliphatic hydroxyl groups excluding tert-OH is 1. The molecule has 0 saturated heterocycles. The molecule has 1 unspecified atom stereocenters. The highest BCUT2D eigenvalue weighted by Gasteiger charge is 2.38. The van der Waals surface area contributed by atoms with Crippen LogP contribution in [0.1, 0.15) is 18.3 Å². The summed E-state index contributed by atoms with van der Waals surface area (Å²) in [5.41, 5.74) is 1.06. The summed E-state index contributed by atoms with van der Waals surface area (Å²) in [4.78, 5) is 0. The number of hydrogen-bond donors (Lipinski definition) is 1. The first-order valence-electron chi connectivity index (χ1n) is 4.62. The Hall–Kier alpha value is -1.04. The van der Waals surface area contributed by atoms with Crippen molar-refractivity contribution in [2.24, 2.45) is 0 Å². The fourth-order valence-electron chi connectivity index (χ4n) is 1.35. The molecule has 86 valence electrons. The molecule has 0 bridgehead atoms. The predicted octanol–water partition coefficient (Wildman–Crippen LogP) is 1.68. The van der Waals surface area contributed by atoms with Gasteiger partial charge in [0.25, 0.3) is 0 Å². The van der Waals surface area contributed by atoms with E-state index in [1.165, 1.54) is 4.68 Å². The lowest BCUT2D eigenvalue weighted by molar-refractivity contribution is -0.203. The monoisotopic (exact) mass is 222 g/mol. The van der Waals surface area contributed by atoms with Crippen LogP contribution in [0.5, 0.6) is 0 Å². The van der Waals surface area contributed by atoms with Gasteiger partial charge in [0.1, 0.15) is 0 Å². The summed E-state index contributed by atoms with van der Waals surface area (Å²) in [6.45, 7) is 3.99. The summed E-state index contributed by atoms with van der Waals surface area (Å²) in [6.07, 6.45) is -7.34. The Balaban J connectivity index is 2.80. The van der Waals surface area contributed by atoms with Crippen molar-refractivity contribution in [3.8, 4) is 0 Å². The van der Waals surface area contributed by atoms with E-state index in [1.54, 1.807) is 19.9 Å². The Bertz CT molecular complexity index is 333. The minimum atomic E-state index is -4.57. The highest BCUT2D eigenvalue weighted by molar-refractivity contribution is 5.10. The molecule has 15 heavy (non-hydrogen) atoms. The minimum absolute atomic E-state index is 0.403. The summed E-state index contributed by atoms with van der Waals surface area (Å²) in [5.74, 6) is 0. The number of nitrogens with zero attached hydrogens (tertiary/aromatic N) is 2. The highest BCUT2D eigenvalue weighted by Crippen LogP contribution is 2.23. The predicted molar refractivity (Wildman–Crippen MR) is 48.4 cm³/mol. The molecule has 0 saturated carbocycles. The molecule has 1 rings (SSSR count). The van der Waals surface area contributed by atoms with Gasteiger partial charge in [-0.15, -0.1) is 0 Å². The van der Waals surface area contributed by atoms with Crippen LogP contribution in [-0.4, -0.2) is 27.2 Å². The number of aryl methyl sites for hydroxylation is 2. The molecule has 0 aliphatic heterocycles. The lowest BCUT2D eigenvalue weighted by Crippen LogP contribution is -2.31. The van der Waals surface area contributed by atoms with Crippen LogP contribution in [0.2, 0.25) is 0 Å². The molecule has 1 aromatic rings. The number of alkyl halides is 3. The van der Waals surface area contributed by atoms with Gasteiger partial charge in [0.2, 0.25) is 0 Å². The Morgan fingerprint density at radius 1 is 1.53 bits per heavy atom. The molecule has 0 aliphatic carbocycles. The lowest BCUT2D eigenvalue weighted by atomic mass is 10.2. The fraction of sp³-hybridized carbons (Fsp3) is 0.667. The molecule has 0 radical (unpaired) electrons. The van der Waals surface area contributed by atoms with Crippen molar-refractivity contribution in [1.82, 2.24) is 9.78 Å². The van der Waals surface area contributed by atoms with Crippen molar-refractivity contribution < 1.29 is 18.3 Å². The van der Waals surface area contributed by atoms with Gasteiger partial charge in [0.05, 0.1) is 5.69 Å². The Kier molecular flexibility index (Phi) is 3.38. The van der Waals surface area contributed by atoms with Crippen molar-refractivity contribution in [2.75, 3.05) is 0 Å². The van der Waals surface area contributed by atoms with E-state index >= 15 is 0 Å².